The Balaban J connectivity index is 1.61. The van der Waals surface area contributed by atoms with Crippen LogP contribution in [0.15, 0.2) is 49.1 Å². The van der Waals surface area contributed by atoms with Crippen LogP contribution in [-0.2, 0) is 21.1 Å². The Labute approximate surface area is 185 Å². The van der Waals surface area contributed by atoms with Gasteiger partial charge in [0.05, 0.1) is 5.75 Å². The molecule has 0 spiro atoms. The molecule has 2 heterocycles. The van der Waals surface area contributed by atoms with Gasteiger partial charge in [-0.25, -0.2) is 18.4 Å². The van der Waals surface area contributed by atoms with Crippen LogP contribution < -0.4 is 10.6 Å². The Hall–Kier alpha value is -2.98. The average Bonchev–Trinajstić information content (AvgIpc) is 3.24. The van der Waals surface area contributed by atoms with Gasteiger partial charge in [0.25, 0.3) is 0 Å². The molecule has 3 aromatic rings. The molecule has 0 atom stereocenters. The number of aromatic nitrogens is 4. The van der Waals surface area contributed by atoms with Gasteiger partial charge in [0.15, 0.2) is 0 Å². The van der Waals surface area contributed by atoms with E-state index in [9.17, 15) is 13.2 Å². The highest BCUT2D eigenvalue weighted by atomic mass is 35.5. The Morgan fingerprint density at radius 1 is 1.23 bits per heavy atom. The number of nitrogens with one attached hydrogen (secondary N) is 2. The predicted molar refractivity (Wildman–Crippen MR) is 120 cm³/mol. The molecule has 0 saturated heterocycles. The molecule has 1 amide bonds. The van der Waals surface area contributed by atoms with Crippen molar-refractivity contribution in [2.24, 2.45) is 0 Å². The number of imidazole rings is 1. The first-order valence-corrected chi connectivity index (χ1v) is 12.1. The fourth-order valence-electron chi connectivity index (χ4n) is 2.86. The summed E-state index contributed by atoms with van der Waals surface area (Å²) in [5.41, 5.74) is 1.74. The van der Waals surface area contributed by atoms with Crippen LogP contribution in [0.2, 0.25) is 5.15 Å². The third-order valence-electron chi connectivity index (χ3n) is 4.33. The van der Waals surface area contributed by atoms with Crippen LogP contribution in [0.4, 0.5) is 11.5 Å². The molecule has 1 aromatic carbocycles. The number of carbonyl (C=O) groups is 1. The summed E-state index contributed by atoms with van der Waals surface area (Å²) in [5.74, 6) is 0.832. The number of aryl methyl sites for hydroxylation is 1. The summed E-state index contributed by atoms with van der Waals surface area (Å²) in [6.45, 7) is 0.336. The molecule has 3 rings (SSSR count). The zero-order valence-electron chi connectivity index (χ0n) is 17.0. The first kappa shape index (κ1) is 22.7. The van der Waals surface area contributed by atoms with Crippen molar-refractivity contribution in [3.63, 3.8) is 0 Å². The molecular weight excluding hydrogens is 440 g/mol. The van der Waals surface area contributed by atoms with Gasteiger partial charge in [-0.15, -0.1) is 0 Å². The van der Waals surface area contributed by atoms with Gasteiger partial charge in [0.2, 0.25) is 11.9 Å². The normalized spacial score (nSPS) is 11.3. The second-order valence-electron chi connectivity index (χ2n) is 6.96. The van der Waals surface area contributed by atoms with E-state index in [4.69, 9.17) is 11.6 Å². The van der Waals surface area contributed by atoms with Crippen molar-refractivity contribution in [2.45, 2.75) is 19.3 Å². The lowest BCUT2D eigenvalue weighted by Gasteiger charge is -2.13. The highest BCUT2D eigenvalue weighted by molar-refractivity contribution is 7.90. The molecule has 2 aromatic heterocycles. The van der Waals surface area contributed by atoms with Gasteiger partial charge in [-0.1, -0.05) is 29.8 Å². The maximum Gasteiger partial charge on any atom is 0.238 e. The van der Waals surface area contributed by atoms with E-state index < -0.39 is 9.84 Å². The number of hydrogen-bond donors (Lipinski definition) is 2. The molecule has 0 radical (unpaired) electrons. The molecule has 2 N–H and O–H groups in total. The van der Waals surface area contributed by atoms with E-state index in [0.29, 0.717) is 31.2 Å². The molecule has 164 valence electrons. The molecule has 0 fully saturated rings. The van der Waals surface area contributed by atoms with Crippen molar-refractivity contribution < 1.29 is 13.2 Å². The molecule has 0 saturated carbocycles. The molecule has 0 aliphatic heterocycles. The fraction of sp³-hybridized carbons (Fsp3) is 0.300. The SMILES string of the molecule is CS(=O)(=O)CCCNC(=O)CCc1ccccc1Nc1cc(Cl)nc(-n2ccnc2)n1. The lowest BCUT2D eigenvalue weighted by molar-refractivity contribution is -0.121. The van der Waals surface area contributed by atoms with Crippen LogP contribution >= 0.6 is 11.6 Å². The minimum atomic E-state index is -3.02. The lowest BCUT2D eigenvalue weighted by atomic mass is 10.1. The van der Waals surface area contributed by atoms with Gasteiger partial charge in [-0.3, -0.25) is 9.36 Å². The number of halogens is 1. The topological polar surface area (TPSA) is 119 Å². The van der Waals surface area contributed by atoms with E-state index in [2.05, 4.69) is 25.6 Å². The average molecular weight is 463 g/mol. The van der Waals surface area contributed by atoms with Crippen LogP contribution in [-0.4, -0.2) is 52.4 Å². The van der Waals surface area contributed by atoms with E-state index in [1.807, 2.05) is 24.3 Å². The van der Waals surface area contributed by atoms with Crippen molar-refractivity contribution in [2.75, 3.05) is 23.9 Å². The van der Waals surface area contributed by atoms with Crippen molar-refractivity contribution in [3.05, 3.63) is 59.8 Å². The molecule has 31 heavy (non-hydrogen) atoms. The number of amides is 1. The predicted octanol–water partition coefficient (Wildman–Crippen LogP) is 2.54. The van der Waals surface area contributed by atoms with Crippen LogP contribution in [0.3, 0.4) is 0 Å². The number of sulfone groups is 1. The summed E-state index contributed by atoms with van der Waals surface area (Å²) in [7, 11) is -3.02. The van der Waals surface area contributed by atoms with E-state index in [-0.39, 0.29) is 23.2 Å². The number of benzene rings is 1. The summed E-state index contributed by atoms with van der Waals surface area (Å²) < 4.78 is 23.9. The highest BCUT2D eigenvalue weighted by Gasteiger charge is 2.10. The van der Waals surface area contributed by atoms with Crippen molar-refractivity contribution in [1.29, 1.82) is 0 Å². The Kier molecular flexibility index (Phi) is 7.59. The molecule has 0 unspecified atom stereocenters. The van der Waals surface area contributed by atoms with Gasteiger partial charge >= 0.3 is 0 Å². The summed E-state index contributed by atoms with van der Waals surface area (Å²) in [6, 6.07) is 9.23. The summed E-state index contributed by atoms with van der Waals surface area (Å²) in [4.78, 5) is 24.8. The zero-order valence-corrected chi connectivity index (χ0v) is 18.5. The first-order chi connectivity index (χ1) is 14.8. The largest absolute Gasteiger partial charge is 0.356 e. The van der Waals surface area contributed by atoms with Gasteiger partial charge in [-0.05, 0) is 24.5 Å². The highest BCUT2D eigenvalue weighted by Crippen LogP contribution is 2.23. The molecule has 11 heteroatoms. The summed E-state index contributed by atoms with van der Waals surface area (Å²) in [6.07, 6.45) is 7.30. The monoisotopic (exact) mass is 462 g/mol. The number of carbonyl (C=O) groups excluding carboxylic acids is 1. The van der Waals surface area contributed by atoms with Crippen molar-refractivity contribution in [1.82, 2.24) is 24.8 Å². The number of rotatable bonds is 10. The van der Waals surface area contributed by atoms with Crippen LogP contribution in [0.5, 0.6) is 0 Å². The second-order valence-corrected chi connectivity index (χ2v) is 9.61. The number of anilines is 2. The lowest BCUT2D eigenvalue weighted by Crippen LogP contribution is -2.26. The number of hydrogen-bond acceptors (Lipinski definition) is 7. The van der Waals surface area contributed by atoms with Crippen LogP contribution in [0.25, 0.3) is 5.95 Å². The maximum absolute atomic E-state index is 12.1. The van der Waals surface area contributed by atoms with E-state index in [1.54, 1.807) is 29.4 Å². The second kappa shape index (κ2) is 10.4. The smallest absolute Gasteiger partial charge is 0.238 e. The summed E-state index contributed by atoms with van der Waals surface area (Å²) >= 11 is 6.15. The Bertz CT molecular complexity index is 1140. The molecule has 0 aliphatic carbocycles. The van der Waals surface area contributed by atoms with Crippen molar-refractivity contribution >= 4 is 38.9 Å². The first-order valence-electron chi connectivity index (χ1n) is 9.62. The third kappa shape index (κ3) is 7.34. The molecule has 0 bridgehead atoms. The molecule has 9 nitrogen and oxygen atoms in total. The Morgan fingerprint density at radius 2 is 2.03 bits per heavy atom. The minimum Gasteiger partial charge on any atom is -0.356 e. The van der Waals surface area contributed by atoms with Gasteiger partial charge < -0.3 is 10.6 Å². The quantitative estimate of drug-likeness (QED) is 0.351. The van der Waals surface area contributed by atoms with E-state index in [0.717, 1.165) is 11.3 Å². The fourth-order valence-corrected chi connectivity index (χ4v) is 3.71. The zero-order chi connectivity index (χ0) is 22.3. The van der Waals surface area contributed by atoms with E-state index >= 15 is 0 Å². The minimum absolute atomic E-state index is 0.0581. The number of nitrogens with zero attached hydrogens (tertiary/aromatic N) is 4. The standard InChI is InChI=1S/C20H23ClN6O3S/c1-31(29,30)12-4-9-23-19(28)8-7-15-5-2-3-6-16(15)24-18-13-17(21)25-20(26-18)27-11-10-22-14-27/h2-3,5-6,10-11,13-14H,4,7-9,12H2,1H3,(H,23,28)(H,24,25,26). The summed E-state index contributed by atoms with van der Waals surface area (Å²) in [5, 5.41) is 6.28. The molecular formula is C20H23ClN6O3S. The van der Waals surface area contributed by atoms with Crippen molar-refractivity contribution in [3.8, 4) is 5.95 Å². The third-order valence-corrected chi connectivity index (χ3v) is 5.56. The maximum atomic E-state index is 12.1. The van der Waals surface area contributed by atoms with Crippen LogP contribution in [0.1, 0.15) is 18.4 Å². The molecule has 0 aliphatic rings. The van der Waals surface area contributed by atoms with Gasteiger partial charge in [0.1, 0.15) is 27.1 Å². The van der Waals surface area contributed by atoms with Gasteiger partial charge in [-0.2, -0.15) is 4.98 Å². The van der Waals surface area contributed by atoms with Gasteiger partial charge in [0, 0.05) is 43.4 Å². The number of para-hydroxylation sites is 1. The van der Waals surface area contributed by atoms with E-state index in [1.165, 1.54) is 6.26 Å². The van der Waals surface area contributed by atoms with Crippen LogP contribution in [0, 0.1) is 0 Å². The Morgan fingerprint density at radius 3 is 2.77 bits per heavy atom.